The first kappa shape index (κ1) is 14.5. The van der Waals surface area contributed by atoms with Crippen LogP contribution in [-0.4, -0.2) is 30.4 Å². The number of carbonyl (C=O) groups excluding carboxylic acids is 1. The summed E-state index contributed by atoms with van der Waals surface area (Å²) in [5.74, 6) is 0.547. The van der Waals surface area contributed by atoms with Gasteiger partial charge in [-0.15, -0.1) is 0 Å². The Labute approximate surface area is 123 Å². The zero-order chi connectivity index (χ0) is 14.0. The normalized spacial score (nSPS) is 22.5. The lowest BCUT2D eigenvalue weighted by Crippen LogP contribution is -2.41. The Kier molecular flexibility index (Phi) is 4.63. The molecule has 104 valence electrons. The van der Waals surface area contributed by atoms with Crippen molar-refractivity contribution in [1.82, 2.24) is 4.90 Å². The van der Waals surface area contributed by atoms with Crippen LogP contribution in [0.4, 0.5) is 0 Å². The van der Waals surface area contributed by atoms with E-state index in [-0.39, 0.29) is 11.9 Å². The minimum absolute atomic E-state index is 0.101. The van der Waals surface area contributed by atoms with Crippen molar-refractivity contribution in [2.75, 3.05) is 13.6 Å². The average Bonchev–Trinajstić information content (AvgIpc) is 2.88. The Bertz CT molecular complexity index is 475. The molecule has 1 aromatic carbocycles. The van der Waals surface area contributed by atoms with Crippen LogP contribution in [0.5, 0.6) is 0 Å². The van der Waals surface area contributed by atoms with Crippen molar-refractivity contribution in [3.8, 4) is 0 Å². The minimum Gasteiger partial charge on any atom is -0.338 e. The van der Waals surface area contributed by atoms with Crippen LogP contribution in [0.15, 0.2) is 22.7 Å². The molecule has 4 heteroatoms. The molecule has 1 aliphatic carbocycles. The van der Waals surface area contributed by atoms with Gasteiger partial charge in [-0.3, -0.25) is 4.79 Å². The lowest BCUT2D eigenvalue weighted by atomic mass is 10.0. The summed E-state index contributed by atoms with van der Waals surface area (Å²) in [5.41, 5.74) is 7.60. The van der Waals surface area contributed by atoms with Gasteiger partial charge in [-0.05, 0) is 49.9 Å². The molecule has 2 atom stereocenters. The van der Waals surface area contributed by atoms with E-state index in [1.54, 1.807) is 0 Å². The molecule has 1 amide bonds. The smallest absolute Gasteiger partial charge is 0.254 e. The molecule has 0 bridgehead atoms. The van der Waals surface area contributed by atoms with Gasteiger partial charge in [0.2, 0.25) is 0 Å². The molecular weight excluding hydrogens is 304 g/mol. The third-order valence-electron chi connectivity index (χ3n) is 4.17. The van der Waals surface area contributed by atoms with E-state index in [2.05, 4.69) is 15.9 Å². The molecule has 0 aromatic heterocycles. The molecule has 0 heterocycles. The van der Waals surface area contributed by atoms with Gasteiger partial charge in [0, 0.05) is 23.1 Å². The van der Waals surface area contributed by atoms with Crippen molar-refractivity contribution >= 4 is 21.8 Å². The minimum atomic E-state index is 0.101. The van der Waals surface area contributed by atoms with Crippen molar-refractivity contribution in [1.29, 1.82) is 0 Å². The van der Waals surface area contributed by atoms with Gasteiger partial charge < -0.3 is 10.6 Å². The molecular formula is C15H21BrN2O. The lowest BCUT2D eigenvalue weighted by Gasteiger charge is -2.29. The summed E-state index contributed by atoms with van der Waals surface area (Å²) >= 11 is 3.43. The number of rotatable bonds is 3. The number of benzene rings is 1. The number of aryl methyl sites for hydroxylation is 1. The van der Waals surface area contributed by atoms with Crippen LogP contribution in [0, 0.1) is 12.8 Å². The van der Waals surface area contributed by atoms with Gasteiger partial charge >= 0.3 is 0 Å². The molecule has 1 saturated carbocycles. The number of nitrogens with two attached hydrogens (primary N) is 1. The maximum absolute atomic E-state index is 12.6. The van der Waals surface area contributed by atoms with Crippen LogP contribution in [0.2, 0.25) is 0 Å². The Balaban J connectivity index is 2.21. The summed E-state index contributed by atoms with van der Waals surface area (Å²) in [7, 11) is 1.90. The topological polar surface area (TPSA) is 46.3 Å². The summed E-state index contributed by atoms with van der Waals surface area (Å²) in [6, 6.07) is 6.13. The van der Waals surface area contributed by atoms with Gasteiger partial charge in [0.1, 0.15) is 0 Å². The van der Waals surface area contributed by atoms with Gasteiger partial charge in [-0.25, -0.2) is 0 Å². The summed E-state index contributed by atoms with van der Waals surface area (Å²) in [4.78, 5) is 14.5. The number of nitrogens with zero attached hydrogens (tertiary/aromatic N) is 1. The van der Waals surface area contributed by atoms with Crippen molar-refractivity contribution in [3.63, 3.8) is 0 Å². The summed E-state index contributed by atoms with van der Waals surface area (Å²) in [5, 5.41) is 0. The molecule has 1 aromatic rings. The Hall–Kier alpha value is -0.870. The third kappa shape index (κ3) is 3.00. The molecule has 2 unspecified atom stereocenters. The molecule has 0 spiro atoms. The SMILES string of the molecule is Cc1ccc(Br)cc1C(=O)N(C)C1CCCC1CN. The Morgan fingerprint density at radius 2 is 2.21 bits per heavy atom. The quantitative estimate of drug-likeness (QED) is 0.929. The summed E-state index contributed by atoms with van der Waals surface area (Å²) < 4.78 is 0.941. The van der Waals surface area contributed by atoms with Crippen LogP contribution in [-0.2, 0) is 0 Å². The molecule has 1 fully saturated rings. The van der Waals surface area contributed by atoms with Crippen LogP contribution in [0.25, 0.3) is 0 Å². The number of carbonyl (C=O) groups is 1. The second-order valence-corrected chi connectivity index (χ2v) is 6.29. The first-order valence-corrected chi connectivity index (χ1v) is 7.57. The zero-order valence-corrected chi connectivity index (χ0v) is 13.1. The highest BCUT2D eigenvalue weighted by Gasteiger charge is 2.32. The highest BCUT2D eigenvalue weighted by molar-refractivity contribution is 9.10. The van der Waals surface area contributed by atoms with E-state index in [9.17, 15) is 4.79 Å². The maximum atomic E-state index is 12.6. The maximum Gasteiger partial charge on any atom is 0.254 e. The van der Waals surface area contributed by atoms with Crippen molar-refractivity contribution in [2.24, 2.45) is 11.7 Å². The summed E-state index contributed by atoms with van der Waals surface area (Å²) in [6.45, 7) is 2.64. The number of hydrogen-bond donors (Lipinski definition) is 1. The highest BCUT2D eigenvalue weighted by atomic mass is 79.9. The fourth-order valence-electron chi connectivity index (χ4n) is 2.97. The predicted octanol–water partition coefficient (Wildman–Crippen LogP) is 2.96. The molecule has 0 saturated heterocycles. The average molecular weight is 325 g/mol. The molecule has 0 radical (unpaired) electrons. The van der Waals surface area contributed by atoms with Crippen molar-refractivity contribution < 1.29 is 4.79 Å². The largest absolute Gasteiger partial charge is 0.338 e. The van der Waals surface area contributed by atoms with E-state index >= 15 is 0 Å². The van der Waals surface area contributed by atoms with E-state index < -0.39 is 0 Å². The number of halogens is 1. The van der Waals surface area contributed by atoms with Crippen LogP contribution < -0.4 is 5.73 Å². The fourth-order valence-corrected chi connectivity index (χ4v) is 3.33. The Morgan fingerprint density at radius 1 is 1.47 bits per heavy atom. The molecule has 2 N–H and O–H groups in total. The van der Waals surface area contributed by atoms with E-state index in [4.69, 9.17) is 5.73 Å². The molecule has 1 aliphatic rings. The van der Waals surface area contributed by atoms with E-state index in [1.807, 2.05) is 37.1 Å². The molecule has 3 nitrogen and oxygen atoms in total. The number of hydrogen-bond acceptors (Lipinski definition) is 2. The number of amides is 1. The molecule has 19 heavy (non-hydrogen) atoms. The Morgan fingerprint density at radius 3 is 2.89 bits per heavy atom. The standard InChI is InChI=1S/C15H21BrN2O/c1-10-6-7-12(16)8-13(10)15(19)18(2)14-5-3-4-11(14)9-17/h6-8,11,14H,3-5,9,17H2,1-2H3. The second kappa shape index (κ2) is 6.06. The van der Waals surface area contributed by atoms with E-state index in [1.165, 1.54) is 6.42 Å². The van der Waals surface area contributed by atoms with Gasteiger partial charge in [-0.1, -0.05) is 28.4 Å². The van der Waals surface area contributed by atoms with Crippen LogP contribution in [0.1, 0.15) is 35.2 Å². The third-order valence-corrected chi connectivity index (χ3v) is 4.66. The first-order chi connectivity index (χ1) is 9.04. The van der Waals surface area contributed by atoms with Crippen molar-refractivity contribution in [3.05, 3.63) is 33.8 Å². The van der Waals surface area contributed by atoms with Crippen molar-refractivity contribution in [2.45, 2.75) is 32.2 Å². The summed E-state index contributed by atoms with van der Waals surface area (Å²) in [6.07, 6.45) is 3.37. The van der Waals surface area contributed by atoms with Gasteiger partial charge in [0.05, 0.1) is 0 Å². The highest BCUT2D eigenvalue weighted by Crippen LogP contribution is 2.30. The predicted molar refractivity (Wildman–Crippen MR) is 81.2 cm³/mol. The van der Waals surface area contributed by atoms with Crippen LogP contribution in [0.3, 0.4) is 0 Å². The van der Waals surface area contributed by atoms with Gasteiger partial charge in [-0.2, -0.15) is 0 Å². The molecule has 0 aliphatic heterocycles. The van der Waals surface area contributed by atoms with E-state index in [0.717, 1.165) is 28.4 Å². The van der Waals surface area contributed by atoms with Gasteiger partial charge in [0.15, 0.2) is 0 Å². The van der Waals surface area contributed by atoms with Gasteiger partial charge in [0.25, 0.3) is 5.91 Å². The molecule has 2 rings (SSSR count). The lowest BCUT2D eigenvalue weighted by molar-refractivity contribution is 0.0699. The monoisotopic (exact) mass is 324 g/mol. The fraction of sp³-hybridized carbons (Fsp3) is 0.533. The second-order valence-electron chi connectivity index (χ2n) is 5.37. The zero-order valence-electron chi connectivity index (χ0n) is 11.5. The van der Waals surface area contributed by atoms with E-state index in [0.29, 0.717) is 12.5 Å². The van der Waals surface area contributed by atoms with Crippen LogP contribution >= 0.6 is 15.9 Å². The first-order valence-electron chi connectivity index (χ1n) is 6.78.